The van der Waals surface area contributed by atoms with Crippen LogP contribution in [0.4, 0.5) is 11.4 Å². The molecule has 1 saturated carbocycles. The highest BCUT2D eigenvalue weighted by Crippen LogP contribution is 2.35. The first-order valence-corrected chi connectivity index (χ1v) is 9.15. The van der Waals surface area contributed by atoms with E-state index in [0.717, 1.165) is 29.7 Å². The third-order valence-electron chi connectivity index (χ3n) is 5.37. The van der Waals surface area contributed by atoms with E-state index in [-0.39, 0.29) is 11.6 Å². The Kier molecular flexibility index (Phi) is 3.65. The number of hydrogen-bond donors (Lipinski definition) is 3. The third kappa shape index (κ3) is 2.70. The van der Waals surface area contributed by atoms with Crippen molar-refractivity contribution in [3.05, 3.63) is 64.1 Å². The van der Waals surface area contributed by atoms with Crippen LogP contribution in [-0.2, 0) is 0 Å². The molecule has 140 valence electrons. The van der Waals surface area contributed by atoms with Gasteiger partial charge in [-0.1, -0.05) is 6.42 Å². The second kappa shape index (κ2) is 6.19. The summed E-state index contributed by atoms with van der Waals surface area (Å²) in [7, 11) is 0. The standard InChI is InChI=1S/C20H17N5O3/c26-20(15-10-21-16-7-5-13(25(27)28)9-14(15)16)22-12-4-6-17-18(8-12)24-19(23-17)11-2-1-3-11/h4-11,21H,1-3H2,(H,22,26)(H,23,24). The predicted octanol–water partition coefficient (Wildman–Crippen LogP) is 4.47. The van der Waals surface area contributed by atoms with Gasteiger partial charge in [0.15, 0.2) is 0 Å². The fraction of sp³-hybridized carbons (Fsp3) is 0.200. The minimum Gasteiger partial charge on any atom is -0.360 e. The Morgan fingerprint density at radius 3 is 2.79 bits per heavy atom. The van der Waals surface area contributed by atoms with E-state index in [1.165, 1.54) is 18.6 Å². The first kappa shape index (κ1) is 16.5. The van der Waals surface area contributed by atoms with E-state index in [1.807, 2.05) is 18.2 Å². The van der Waals surface area contributed by atoms with Gasteiger partial charge in [0, 0.05) is 40.8 Å². The molecule has 8 heteroatoms. The van der Waals surface area contributed by atoms with Crippen LogP contribution >= 0.6 is 0 Å². The molecule has 1 aliphatic rings. The lowest BCUT2D eigenvalue weighted by Gasteiger charge is -2.22. The highest BCUT2D eigenvalue weighted by Gasteiger charge is 2.23. The van der Waals surface area contributed by atoms with Gasteiger partial charge in [0.05, 0.1) is 21.5 Å². The second-order valence-corrected chi connectivity index (χ2v) is 7.13. The van der Waals surface area contributed by atoms with E-state index in [1.54, 1.807) is 12.3 Å². The quantitative estimate of drug-likeness (QED) is 0.360. The highest BCUT2D eigenvalue weighted by molar-refractivity contribution is 6.13. The zero-order valence-corrected chi connectivity index (χ0v) is 14.9. The number of nitro benzene ring substituents is 1. The summed E-state index contributed by atoms with van der Waals surface area (Å²) in [5.41, 5.74) is 3.38. The monoisotopic (exact) mass is 375 g/mol. The maximum atomic E-state index is 12.7. The number of nitro groups is 1. The van der Waals surface area contributed by atoms with Gasteiger partial charge >= 0.3 is 0 Å². The fourth-order valence-electron chi connectivity index (χ4n) is 3.59. The molecule has 1 aliphatic carbocycles. The molecule has 3 N–H and O–H groups in total. The average Bonchev–Trinajstić information content (AvgIpc) is 3.22. The Morgan fingerprint density at radius 1 is 1.18 bits per heavy atom. The molecule has 0 aliphatic heterocycles. The molecular weight excluding hydrogens is 358 g/mol. The number of non-ortho nitro benzene ring substituents is 1. The lowest BCUT2D eigenvalue weighted by molar-refractivity contribution is -0.384. The molecule has 0 spiro atoms. The third-order valence-corrected chi connectivity index (χ3v) is 5.37. The van der Waals surface area contributed by atoms with Crippen LogP contribution in [0.5, 0.6) is 0 Å². The SMILES string of the molecule is O=C(Nc1ccc2nc(C3CCC3)[nH]c2c1)c1c[nH]c2ccc([N+](=O)[O-])cc12. The van der Waals surface area contributed by atoms with Gasteiger partial charge in [-0.3, -0.25) is 14.9 Å². The minimum absolute atomic E-state index is 0.0523. The molecule has 0 bridgehead atoms. The van der Waals surface area contributed by atoms with Crippen molar-refractivity contribution in [2.24, 2.45) is 0 Å². The van der Waals surface area contributed by atoms with Gasteiger partial charge in [-0.15, -0.1) is 0 Å². The summed E-state index contributed by atoms with van der Waals surface area (Å²) >= 11 is 0. The molecule has 8 nitrogen and oxygen atoms in total. The van der Waals surface area contributed by atoms with Gasteiger partial charge < -0.3 is 15.3 Å². The van der Waals surface area contributed by atoms with E-state index >= 15 is 0 Å². The number of carbonyl (C=O) groups is 1. The number of aromatic nitrogens is 3. The molecule has 5 rings (SSSR count). The number of rotatable bonds is 4. The topological polar surface area (TPSA) is 117 Å². The molecule has 2 aromatic heterocycles. The van der Waals surface area contributed by atoms with Crippen LogP contribution in [0.3, 0.4) is 0 Å². The molecule has 4 aromatic rings. The summed E-state index contributed by atoms with van der Waals surface area (Å²) in [4.78, 5) is 34.3. The highest BCUT2D eigenvalue weighted by atomic mass is 16.6. The maximum Gasteiger partial charge on any atom is 0.270 e. The van der Waals surface area contributed by atoms with Crippen molar-refractivity contribution in [3.8, 4) is 0 Å². The fourth-order valence-corrected chi connectivity index (χ4v) is 3.59. The summed E-state index contributed by atoms with van der Waals surface area (Å²) < 4.78 is 0. The zero-order valence-electron chi connectivity index (χ0n) is 14.9. The zero-order chi connectivity index (χ0) is 19.3. The first-order valence-electron chi connectivity index (χ1n) is 9.15. The van der Waals surface area contributed by atoms with Crippen LogP contribution < -0.4 is 5.32 Å². The van der Waals surface area contributed by atoms with Gasteiger partial charge in [0.25, 0.3) is 11.6 Å². The minimum atomic E-state index is -0.472. The molecule has 1 amide bonds. The van der Waals surface area contributed by atoms with Crippen molar-refractivity contribution in [2.75, 3.05) is 5.32 Å². The van der Waals surface area contributed by atoms with E-state index in [9.17, 15) is 14.9 Å². The van der Waals surface area contributed by atoms with Crippen molar-refractivity contribution in [2.45, 2.75) is 25.2 Å². The Hall–Kier alpha value is -3.68. The lowest BCUT2D eigenvalue weighted by atomic mass is 9.85. The van der Waals surface area contributed by atoms with E-state index in [4.69, 9.17) is 0 Å². The first-order chi connectivity index (χ1) is 13.6. The van der Waals surface area contributed by atoms with Crippen LogP contribution in [0.1, 0.15) is 41.4 Å². The van der Waals surface area contributed by atoms with Gasteiger partial charge in [-0.25, -0.2) is 4.98 Å². The number of aromatic amines is 2. The summed E-state index contributed by atoms with van der Waals surface area (Å²) in [5.74, 6) is 1.19. The van der Waals surface area contributed by atoms with Crippen LogP contribution in [0.25, 0.3) is 21.9 Å². The number of nitrogens with zero attached hydrogens (tertiary/aromatic N) is 2. The number of H-pyrrole nitrogens is 2. The Morgan fingerprint density at radius 2 is 2.04 bits per heavy atom. The lowest BCUT2D eigenvalue weighted by Crippen LogP contribution is -2.11. The van der Waals surface area contributed by atoms with Crippen LogP contribution in [-0.4, -0.2) is 25.8 Å². The molecule has 0 unspecified atom stereocenters. The number of hydrogen-bond acceptors (Lipinski definition) is 4. The van der Waals surface area contributed by atoms with E-state index < -0.39 is 4.92 Å². The number of nitrogens with one attached hydrogen (secondary N) is 3. The molecule has 0 radical (unpaired) electrons. The van der Waals surface area contributed by atoms with Gasteiger partial charge in [0.2, 0.25) is 0 Å². The number of fused-ring (bicyclic) bond motifs is 2. The average molecular weight is 375 g/mol. The van der Waals surface area contributed by atoms with Gasteiger partial charge in [-0.05, 0) is 37.1 Å². The Bertz CT molecular complexity index is 1240. The van der Waals surface area contributed by atoms with E-state index in [0.29, 0.717) is 28.1 Å². The predicted molar refractivity (Wildman–Crippen MR) is 106 cm³/mol. The number of anilines is 1. The van der Waals surface area contributed by atoms with Crippen LogP contribution in [0.15, 0.2) is 42.6 Å². The van der Waals surface area contributed by atoms with Gasteiger partial charge in [-0.2, -0.15) is 0 Å². The van der Waals surface area contributed by atoms with Crippen molar-refractivity contribution >= 4 is 39.2 Å². The van der Waals surface area contributed by atoms with Crippen molar-refractivity contribution in [3.63, 3.8) is 0 Å². The molecule has 2 aromatic carbocycles. The molecule has 2 heterocycles. The van der Waals surface area contributed by atoms with Gasteiger partial charge in [0.1, 0.15) is 5.82 Å². The molecular formula is C20H17N5O3. The number of amides is 1. The second-order valence-electron chi connectivity index (χ2n) is 7.13. The normalized spacial score (nSPS) is 14.3. The number of imidazole rings is 1. The molecule has 0 saturated heterocycles. The molecule has 0 atom stereocenters. The number of carbonyl (C=O) groups excluding carboxylic acids is 1. The number of benzene rings is 2. The largest absolute Gasteiger partial charge is 0.360 e. The van der Waals surface area contributed by atoms with Crippen molar-refractivity contribution in [1.29, 1.82) is 0 Å². The van der Waals surface area contributed by atoms with Crippen LogP contribution in [0, 0.1) is 10.1 Å². The Labute approximate surface area is 159 Å². The Balaban J connectivity index is 1.44. The summed E-state index contributed by atoms with van der Waals surface area (Å²) in [5, 5.41) is 14.4. The smallest absolute Gasteiger partial charge is 0.270 e. The maximum absolute atomic E-state index is 12.7. The van der Waals surface area contributed by atoms with Crippen LogP contribution in [0.2, 0.25) is 0 Å². The van der Waals surface area contributed by atoms with E-state index in [2.05, 4.69) is 20.3 Å². The molecule has 1 fully saturated rings. The van der Waals surface area contributed by atoms with Crippen molar-refractivity contribution < 1.29 is 9.72 Å². The summed E-state index contributed by atoms with van der Waals surface area (Å²) in [6.45, 7) is 0. The van der Waals surface area contributed by atoms with Crippen molar-refractivity contribution in [1.82, 2.24) is 15.0 Å². The summed E-state index contributed by atoms with van der Waals surface area (Å²) in [6, 6.07) is 9.96. The summed E-state index contributed by atoms with van der Waals surface area (Å²) in [6.07, 6.45) is 5.13. The molecule has 28 heavy (non-hydrogen) atoms.